The van der Waals surface area contributed by atoms with E-state index in [2.05, 4.69) is 10.5 Å². The molecule has 2 aromatic rings. The van der Waals surface area contributed by atoms with Gasteiger partial charge in [-0.25, -0.2) is 5.43 Å². The zero-order valence-corrected chi connectivity index (χ0v) is 11.3. The molecule has 3 N–H and O–H groups in total. The van der Waals surface area contributed by atoms with Crippen molar-refractivity contribution in [1.29, 1.82) is 0 Å². The standard InChI is InChI=1S/C15H14N2O4/c1-21-14-8-4-7-13(19)11(14)9-16-17-15(20)10-5-2-3-6-12(10)18/h2-9,18-19H,1H3,(H,17,20)/b16-9-. The Labute approximate surface area is 121 Å². The van der Waals surface area contributed by atoms with Crippen LogP contribution in [-0.2, 0) is 0 Å². The Kier molecular flexibility index (Phi) is 4.40. The third-order valence-electron chi connectivity index (χ3n) is 2.77. The molecular formula is C15H14N2O4. The van der Waals surface area contributed by atoms with Crippen LogP contribution in [0, 0.1) is 0 Å². The number of hydrazone groups is 1. The first kappa shape index (κ1) is 14.4. The molecule has 0 unspecified atom stereocenters. The van der Waals surface area contributed by atoms with Gasteiger partial charge in [0.2, 0.25) is 0 Å². The van der Waals surface area contributed by atoms with Crippen molar-refractivity contribution >= 4 is 12.1 Å². The van der Waals surface area contributed by atoms with Gasteiger partial charge in [-0.05, 0) is 24.3 Å². The summed E-state index contributed by atoms with van der Waals surface area (Å²) >= 11 is 0. The van der Waals surface area contributed by atoms with Gasteiger partial charge in [0.05, 0.1) is 24.5 Å². The lowest BCUT2D eigenvalue weighted by Crippen LogP contribution is -2.17. The molecule has 21 heavy (non-hydrogen) atoms. The van der Waals surface area contributed by atoms with Gasteiger partial charge >= 0.3 is 0 Å². The zero-order valence-electron chi connectivity index (χ0n) is 11.3. The molecule has 0 heterocycles. The first-order valence-electron chi connectivity index (χ1n) is 6.11. The van der Waals surface area contributed by atoms with Gasteiger partial charge in [0.15, 0.2) is 0 Å². The Balaban J connectivity index is 2.13. The van der Waals surface area contributed by atoms with E-state index in [0.29, 0.717) is 11.3 Å². The Morgan fingerprint density at radius 2 is 1.86 bits per heavy atom. The lowest BCUT2D eigenvalue weighted by molar-refractivity contribution is 0.0952. The van der Waals surface area contributed by atoms with Gasteiger partial charge in [0.25, 0.3) is 5.91 Å². The molecule has 0 aromatic heterocycles. The van der Waals surface area contributed by atoms with Crippen molar-refractivity contribution in [2.75, 3.05) is 7.11 Å². The summed E-state index contributed by atoms with van der Waals surface area (Å²) in [6.45, 7) is 0. The van der Waals surface area contributed by atoms with E-state index in [1.54, 1.807) is 24.3 Å². The van der Waals surface area contributed by atoms with Gasteiger partial charge in [-0.2, -0.15) is 5.10 Å². The van der Waals surface area contributed by atoms with Crippen LogP contribution < -0.4 is 10.2 Å². The van der Waals surface area contributed by atoms with Gasteiger partial charge in [-0.3, -0.25) is 4.79 Å². The molecule has 6 nitrogen and oxygen atoms in total. The Bertz CT molecular complexity index is 683. The van der Waals surface area contributed by atoms with Gasteiger partial charge in [-0.1, -0.05) is 18.2 Å². The average Bonchev–Trinajstić information content (AvgIpc) is 2.49. The van der Waals surface area contributed by atoms with Crippen LogP contribution in [-0.4, -0.2) is 29.4 Å². The molecular weight excluding hydrogens is 272 g/mol. The number of methoxy groups -OCH3 is 1. The molecule has 0 radical (unpaired) electrons. The predicted molar refractivity (Wildman–Crippen MR) is 77.8 cm³/mol. The van der Waals surface area contributed by atoms with Crippen LogP contribution in [0.1, 0.15) is 15.9 Å². The number of benzene rings is 2. The summed E-state index contributed by atoms with van der Waals surface area (Å²) in [5.41, 5.74) is 2.73. The summed E-state index contributed by atoms with van der Waals surface area (Å²) in [6.07, 6.45) is 1.27. The van der Waals surface area contributed by atoms with E-state index >= 15 is 0 Å². The van der Waals surface area contributed by atoms with Crippen molar-refractivity contribution < 1.29 is 19.7 Å². The lowest BCUT2D eigenvalue weighted by Gasteiger charge is -2.06. The first-order chi connectivity index (χ1) is 10.1. The summed E-state index contributed by atoms with van der Waals surface area (Å²) in [6, 6.07) is 10.9. The molecule has 0 saturated carbocycles. The summed E-state index contributed by atoms with van der Waals surface area (Å²) < 4.78 is 5.08. The van der Waals surface area contributed by atoms with Gasteiger partial charge in [0, 0.05) is 0 Å². The van der Waals surface area contributed by atoms with Crippen LogP contribution in [0.3, 0.4) is 0 Å². The summed E-state index contributed by atoms with van der Waals surface area (Å²) in [4.78, 5) is 11.8. The highest BCUT2D eigenvalue weighted by molar-refractivity contribution is 5.97. The average molecular weight is 286 g/mol. The Hall–Kier alpha value is -3.02. The van der Waals surface area contributed by atoms with E-state index in [1.165, 1.54) is 31.5 Å². The van der Waals surface area contributed by atoms with Crippen LogP contribution in [0.4, 0.5) is 0 Å². The normalized spacial score (nSPS) is 10.5. The molecule has 108 valence electrons. The maximum atomic E-state index is 11.8. The number of aromatic hydroxyl groups is 2. The maximum absolute atomic E-state index is 11.8. The van der Waals surface area contributed by atoms with Crippen molar-refractivity contribution in [3.8, 4) is 17.2 Å². The maximum Gasteiger partial charge on any atom is 0.275 e. The van der Waals surface area contributed by atoms with Crippen LogP contribution in [0.2, 0.25) is 0 Å². The SMILES string of the molecule is COc1cccc(O)c1/C=N\NC(=O)c1ccccc1O. The molecule has 0 bridgehead atoms. The van der Waals surface area contributed by atoms with Gasteiger partial charge in [-0.15, -0.1) is 0 Å². The lowest BCUT2D eigenvalue weighted by atomic mass is 10.2. The van der Waals surface area contributed by atoms with Crippen molar-refractivity contribution in [3.05, 3.63) is 53.6 Å². The number of phenolic OH excluding ortho intramolecular Hbond substituents is 2. The number of nitrogens with one attached hydrogen (secondary N) is 1. The topological polar surface area (TPSA) is 91.2 Å². The minimum Gasteiger partial charge on any atom is -0.507 e. The Morgan fingerprint density at radius 3 is 2.57 bits per heavy atom. The van der Waals surface area contributed by atoms with Gasteiger partial charge in [0.1, 0.15) is 17.2 Å². The highest BCUT2D eigenvalue weighted by Gasteiger charge is 2.09. The van der Waals surface area contributed by atoms with Crippen LogP contribution >= 0.6 is 0 Å². The fraction of sp³-hybridized carbons (Fsp3) is 0.0667. The van der Waals surface area contributed by atoms with Crippen molar-refractivity contribution in [2.45, 2.75) is 0 Å². The molecule has 1 amide bonds. The summed E-state index contributed by atoms with van der Waals surface area (Å²) in [7, 11) is 1.46. The molecule has 0 fully saturated rings. The van der Waals surface area contributed by atoms with E-state index in [4.69, 9.17) is 4.74 Å². The second kappa shape index (κ2) is 6.42. The number of carbonyl (C=O) groups excluding carboxylic acids is 1. The molecule has 6 heteroatoms. The minimum atomic E-state index is -0.557. The number of rotatable bonds is 4. The highest BCUT2D eigenvalue weighted by Crippen LogP contribution is 2.25. The number of para-hydroxylation sites is 1. The van der Waals surface area contributed by atoms with E-state index in [9.17, 15) is 15.0 Å². The number of phenols is 2. The highest BCUT2D eigenvalue weighted by atomic mass is 16.5. The number of ether oxygens (including phenoxy) is 1. The number of hydrogen-bond donors (Lipinski definition) is 3. The molecule has 0 saturated heterocycles. The molecule has 0 aliphatic rings. The predicted octanol–water partition coefficient (Wildman–Crippen LogP) is 1.87. The zero-order chi connectivity index (χ0) is 15.2. The van der Waals surface area contributed by atoms with E-state index in [1.807, 2.05) is 0 Å². The summed E-state index contributed by atoms with van der Waals surface area (Å²) in [5.74, 6) is -0.283. The largest absolute Gasteiger partial charge is 0.507 e. The van der Waals surface area contributed by atoms with Crippen molar-refractivity contribution in [1.82, 2.24) is 5.43 Å². The number of nitrogens with zero attached hydrogens (tertiary/aromatic N) is 1. The van der Waals surface area contributed by atoms with Gasteiger partial charge < -0.3 is 14.9 Å². The molecule has 2 rings (SSSR count). The van der Waals surface area contributed by atoms with E-state index in [0.717, 1.165) is 0 Å². The van der Waals surface area contributed by atoms with Crippen molar-refractivity contribution in [2.24, 2.45) is 5.10 Å². The van der Waals surface area contributed by atoms with Crippen LogP contribution in [0.15, 0.2) is 47.6 Å². The molecule has 0 atom stereocenters. The fourth-order valence-corrected chi connectivity index (χ4v) is 1.72. The van der Waals surface area contributed by atoms with E-state index in [-0.39, 0.29) is 17.1 Å². The first-order valence-corrected chi connectivity index (χ1v) is 6.11. The number of hydrogen-bond acceptors (Lipinski definition) is 5. The number of carbonyl (C=O) groups is 1. The molecule has 0 aliphatic carbocycles. The molecule has 0 spiro atoms. The van der Waals surface area contributed by atoms with Crippen LogP contribution in [0.5, 0.6) is 17.2 Å². The summed E-state index contributed by atoms with van der Waals surface area (Å²) in [5, 5.41) is 23.0. The second-order valence-electron chi connectivity index (χ2n) is 4.11. The van der Waals surface area contributed by atoms with Crippen LogP contribution in [0.25, 0.3) is 0 Å². The quantitative estimate of drug-likeness (QED) is 0.591. The van der Waals surface area contributed by atoms with E-state index < -0.39 is 5.91 Å². The smallest absolute Gasteiger partial charge is 0.275 e. The Morgan fingerprint density at radius 1 is 1.14 bits per heavy atom. The minimum absolute atomic E-state index is 0.0186. The second-order valence-corrected chi connectivity index (χ2v) is 4.11. The monoisotopic (exact) mass is 286 g/mol. The third-order valence-corrected chi connectivity index (χ3v) is 2.77. The number of amides is 1. The third kappa shape index (κ3) is 3.30. The van der Waals surface area contributed by atoms with Crippen molar-refractivity contribution in [3.63, 3.8) is 0 Å². The molecule has 2 aromatic carbocycles. The molecule has 0 aliphatic heterocycles. The fourth-order valence-electron chi connectivity index (χ4n) is 1.72.